The summed E-state index contributed by atoms with van der Waals surface area (Å²) < 4.78 is 12.1. The summed E-state index contributed by atoms with van der Waals surface area (Å²) in [6, 6.07) is 5.92. The Morgan fingerprint density at radius 1 is 1.13 bits per heavy atom. The molecule has 0 saturated heterocycles. The highest BCUT2D eigenvalue weighted by Gasteiger charge is 2.17. The number of hydrogen-bond donors (Lipinski definition) is 1. The number of nitrogens with one attached hydrogen (secondary N) is 1. The number of aromatic amines is 1. The fourth-order valence-electron chi connectivity index (χ4n) is 3.17. The van der Waals surface area contributed by atoms with Crippen LogP contribution >= 0.6 is 0 Å². The third-order valence-corrected chi connectivity index (χ3v) is 5.08. The summed E-state index contributed by atoms with van der Waals surface area (Å²) in [5, 5.41) is 0.817. The van der Waals surface area contributed by atoms with Gasteiger partial charge in [-0.3, -0.25) is 4.79 Å². The van der Waals surface area contributed by atoms with Crippen LogP contribution in [0.5, 0.6) is 11.5 Å². The van der Waals surface area contributed by atoms with Gasteiger partial charge in [0.15, 0.2) is 5.75 Å². The Balaban J connectivity index is 2.39. The molecule has 1 heterocycles. The zero-order chi connectivity index (χ0) is 23.0. The topological polar surface area (TPSA) is 54.6 Å². The van der Waals surface area contributed by atoms with Crippen molar-refractivity contribution in [3.05, 3.63) is 63.7 Å². The molecule has 0 bridgehead atoms. The van der Waals surface area contributed by atoms with Gasteiger partial charge in [0, 0.05) is 31.6 Å². The van der Waals surface area contributed by atoms with Crippen molar-refractivity contribution in [2.45, 2.75) is 53.9 Å². The molecule has 0 saturated carbocycles. The zero-order valence-electron chi connectivity index (χ0n) is 20.0. The number of pyridine rings is 1. The number of anilines is 1. The van der Waals surface area contributed by atoms with E-state index in [1.807, 2.05) is 63.2 Å². The number of nitrogens with zero attached hydrogens (tertiary/aromatic N) is 1. The van der Waals surface area contributed by atoms with Crippen LogP contribution in [0.2, 0.25) is 0 Å². The summed E-state index contributed by atoms with van der Waals surface area (Å²) in [7, 11) is 3.94. The van der Waals surface area contributed by atoms with Gasteiger partial charge < -0.3 is 19.4 Å². The molecule has 0 aliphatic rings. The largest absolute Gasteiger partial charge is 0.481 e. The van der Waals surface area contributed by atoms with Gasteiger partial charge in [0.1, 0.15) is 6.61 Å². The third-order valence-electron chi connectivity index (χ3n) is 5.08. The number of fused-ring (bicyclic) bond motifs is 1. The Morgan fingerprint density at radius 2 is 1.87 bits per heavy atom. The lowest BCUT2D eigenvalue weighted by Crippen LogP contribution is -2.15. The van der Waals surface area contributed by atoms with E-state index < -0.39 is 0 Å². The van der Waals surface area contributed by atoms with Crippen molar-refractivity contribution in [2.24, 2.45) is 0 Å². The molecule has 0 amide bonds. The van der Waals surface area contributed by atoms with Gasteiger partial charge in [-0.15, -0.1) is 0 Å². The van der Waals surface area contributed by atoms with Gasteiger partial charge in [0.25, 0.3) is 5.56 Å². The summed E-state index contributed by atoms with van der Waals surface area (Å²) in [5.74, 6) is 1.47. The fraction of sp³-hybridized carbons (Fsp3) is 0.423. The molecular formula is C26H36N2O3. The fourth-order valence-corrected chi connectivity index (χ4v) is 3.17. The van der Waals surface area contributed by atoms with Gasteiger partial charge in [0.2, 0.25) is 5.75 Å². The van der Waals surface area contributed by atoms with Gasteiger partial charge in [-0.2, -0.15) is 0 Å². The second kappa shape index (κ2) is 11.4. The highest BCUT2D eigenvalue weighted by atomic mass is 16.5. The highest BCUT2D eigenvalue weighted by molar-refractivity contribution is 5.90. The summed E-state index contributed by atoms with van der Waals surface area (Å²) in [4.78, 5) is 17.8. The van der Waals surface area contributed by atoms with E-state index in [4.69, 9.17) is 9.47 Å². The first-order valence-corrected chi connectivity index (χ1v) is 10.9. The number of hydrogen-bond acceptors (Lipinski definition) is 4. The Morgan fingerprint density at radius 3 is 2.48 bits per heavy atom. The normalized spacial score (nSPS) is 12.1. The lowest BCUT2D eigenvalue weighted by Gasteiger charge is -2.17. The monoisotopic (exact) mass is 424 g/mol. The van der Waals surface area contributed by atoms with Crippen LogP contribution in [0.1, 0.15) is 53.9 Å². The van der Waals surface area contributed by atoms with E-state index in [-0.39, 0.29) is 11.3 Å². The van der Waals surface area contributed by atoms with E-state index in [1.54, 1.807) is 0 Å². The molecule has 0 radical (unpaired) electrons. The van der Waals surface area contributed by atoms with Gasteiger partial charge in [-0.25, -0.2) is 0 Å². The maximum atomic E-state index is 12.9. The first-order chi connectivity index (χ1) is 14.8. The summed E-state index contributed by atoms with van der Waals surface area (Å²) in [5.41, 5.74) is 3.98. The van der Waals surface area contributed by atoms with Crippen LogP contribution in [0.25, 0.3) is 10.9 Å². The van der Waals surface area contributed by atoms with E-state index in [0.29, 0.717) is 12.4 Å². The van der Waals surface area contributed by atoms with E-state index in [9.17, 15) is 4.79 Å². The minimum absolute atomic E-state index is 0.214. The summed E-state index contributed by atoms with van der Waals surface area (Å²) >= 11 is 0. The number of ether oxygens (including phenoxy) is 2. The Hall–Kier alpha value is -2.95. The second-order valence-corrected chi connectivity index (χ2v) is 8.13. The molecule has 0 fully saturated rings. The molecule has 0 atom stereocenters. The lowest BCUT2D eigenvalue weighted by molar-refractivity contribution is 0.323. The van der Waals surface area contributed by atoms with Crippen LogP contribution in [0.15, 0.2) is 58.1 Å². The third kappa shape index (κ3) is 6.78. The van der Waals surface area contributed by atoms with Crippen molar-refractivity contribution < 1.29 is 9.47 Å². The summed E-state index contributed by atoms with van der Waals surface area (Å²) in [6.07, 6.45) is 8.87. The van der Waals surface area contributed by atoms with Gasteiger partial charge in [-0.05, 0) is 70.9 Å². The van der Waals surface area contributed by atoms with Crippen molar-refractivity contribution in [1.29, 1.82) is 0 Å². The Bertz CT molecular complexity index is 1040. The maximum Gasteiger partial charge on any atom is 0.294 e. The predicted octanol–water partition coefficient (Wildman–Crippen LogP) is 6.36. The molecule has 2 aromatic rings. The van der Waals surface area contributed by atoms with Crippen molar-refractivity contribution in [1.82, 2.24) is 4.98 Å². The minimum atomic E-state index is -0.291. The number of allylic oxidation sites excluding steroid dienone is 5. The molecule has 168 valence electrons. The van der Waals surface area contributed by atoms with E-state index >= 15 is 0 Å². The first-order valence-electron chi connectivity index (χ1n) is 10.9. The van der Waals surface area contributed by atoms with Crippen molar-refractivity contribution >= 4 is 16.6 Å². The van der Waals surface area contributed by atoms with E-state index in [1.165, 1.54) is 11.1 Å². The quantitative estimate of drug-likeness (QED) is 0.356. The molecule has 0 aliphatic carbocycles. The van der Waals surface area contributed by atoms with Crippen LogP contribution in [0.3, 0.4) is 0 Å². The predicted molar refractivity (Wildman–Crippen MR) is 131 cm³/mol. The average molecular weight is 425 g/mol. The van der Waals surface area contributed by atoms with Crippen LogP contribution in [-0.4, -0.2) is 25.7 Å². The van der Waals surface area contributed by atoms with Crippen LogP contribution in [0.4, 0.5) is 5.69 Å². The maximum absolute atomic E-state index is 12.9. The van der Waals surface area contributed by atoms with E-state index in [0.717, 1.165) is 41.6 Å². The molecule has 5 heteroatoms. The molecule has 0 spiro atoms. The second-order valence-electron chi connectivity index (χ2n) is 8.13. The molecule has 5 nitrogen and oxygen atoms in total. The van der Waals surface area contributed by atoms with E-state index in [2.05, 4.69) is 31.8 Å². The van der Waals surface area contributed by atoms with Crippen molar-refractivity contribution in [3.8, 4) is 11.5 Å². The van der Waals surface area contributed by atoms with Crippen LogP contribution < -0.4 is 19.9 Å². The first kappa shape index (κ1) is 24.3. The molecule has 1 aromatic carbocycles. The van der Waals surface area contributed by atoms with Gasteiger partial charge >= 0.3 is 0 Å². The molecule has 0 aliphatic heterocycles. The van der Waals surface area contributed by atoms with Crippen LogP contribution in [0, 0.1) is 0 Å². The molecule has 0 unspecified atom stereocenters. The lowest BCUT2D eigenvalue weighted by atomic mass is 10.1. The standard InChI is InChI=1S/C26H36N2O3/c1-8-21(9-2)31-24-22-14-13-20(28(6)7)17-23(22)27-26(29)25(24)30-16-15-19(5)12-10-11-18(3)4/h8,11,13-15,17H,9-10,12,16H2,1-7H3,(H,27,29)/b19-15+,21-8?. The Kier molecular flexibility index (Phi) is 8.98. The SMILES string of the molecule is CC=C(CC)Oc1c(OC/C=C(\C)CCC=C(C)C)c(=O)[nH]c2cc(N(C)C)ccc12. The smallest absolute Gasteiger partial charge is 0.294 e. The number of aromatic nitrogens is 1. The molecule has 2 rings (SSSR count). The summed E-state index contributed by atoms with van der Waals surface area (Å²) in [6.45, 7) is 10.6. The van der Waals surface area contributed by atoms with Crippen LogP contribution in [-0.2, 0) is 0 Å². The zero-order valence-corrected chi connectivity index (χ0v) is 20.0. The Labute approximate surface area is 186 Å². The number of rotatable bonds is 10. The highest BCUT2D eigenvalue weighted by Crippen LogP contribution is 2.35. The molecule has 1 N–H and O–H groups in total. The van der Waals surface area contributed by atoms with Gasteiger partial charge in [0.05, 0.1) is 11.3 Å². The molecule has 1 aromatic heterocycles. The molecule has 31 heavy (non-hydrogen) atoms. The van der Waals surface area contributed by atoms with Crippen molar-refractivity contribution in [3.63, 3.8) is 0 Å². The molecular weight excluding hydrogens is 388 g/mol. The number of H-pyrrole nitrogens is 1. The number of benzene rings is 1. The average Bonchev–Trinajstić information content (AvgIpc) is 2.72. The van der Waals surface area contributed by atoms with Crippen molar-refractivity contribution in [2.75, 3.05) is 25.6 Å². The van der Waals surface area contributed by atoms with Gasteiger partial charge in [-0.1, -0.05) is 24.1 Å². The minimum Gasteiger partial charge on any atom is -0.481 e.